The molecule has 1 aromatic rings. The third-order valence-corrected chi connectivity index (χ3v) is 5.30. The normalized spacial score (nSPS) is 24.7. The summed E-state index contributed by atoms with van der Waals surface area (Å²) < 4.78 is 5.57. The van der Waals surface area contributed by atoms with E-state index in [4.69, 9.17) is 4.74 Å². The minimum atomic E-state index is -0.161. The number of likely N-dealkylation sites (N-methyl/N-ethyl adjacent to an activating group) is 1. The molecule has 0 aliphatic carbocycles. The highest BCUT2D eigenvalue weighted by Crippen LogP contribution is 2.24. The summed E-state index contributed by atoms with van der Waals surface area (Å²) in [5, 5.41) is 11.3. The van der Waals surface area contributed by atoms with Gasteiger partial charge < -0.3 is 15.0 Å². The van der Waals surface area contributed by atoms with Gasteiger partial charge in [-0.15, -0.1) is 5.10 Å². The predicted octanol–water partition coefficient (Wildman–Crippen LogP) is 1.06. The van der Waals surface area contributed by atoms with Crippen LogP contribution in [-0.4, -0.2) is 72.5 Å². The molecule has 3 rings (SSSR count). The van der Waals surface area contributed by atoms with Crippen LogP contribution in [0.3, 0.4) is 0 Å². The third kappa shape index (κ3) is 4.67. The zero-order valence-corrected chi connectivity index (χ0v) is 15.2. The van der Waals surface area contributed by atoms with E-state index < -0.39 is 0 Å². The molecule has 0 unspecified atom stereocenters. The van der Waals surface area contributed by atoms with Crippen LogP contribution in [0.5, 0.6) is 0 Å². The number of carbonyl (C=O) groups is 1. The molecule has 0 bridgehead atoms. The Bertz CT molecular complexity index is 550. The molecule has 3 atom stereocenters. The summed E-state index contributed by atoms with van der Waals surface area (Å²) in [7, 11) is 2.02. The first-order valence-corrected chi connectivity index (χ1v) is 9.29. The maximum Gasteiger partial charge on any atom is 0.237 e. The Kier molecular flexibility index (Phi) is 6.20. The summed E-state index contributed by atoms with van der Waals surface area (Å²) in [6, 6.07) is 4.13. The van der Waals surface area contributed by atoms with E-state index in [1.807, 2.05) is 26.1 Å². The van der Waals surface area contributed by atoms with Gasteiger partial charge in [0.25, 0.3) is 0 Å². The molecular formula is C18H29N5O2. The van der Waals surface area contributed by atoms with Crippen LogP contribution in [0.1, 0.15) is 32.6 Å². The predicted molar refractivity (Wildman–Crippen MR) is 96.5 cm³/mol. The summed E-state index contributed by atoms with van der Waals surface area (Å²) in [6.07, 6.45) is 6.28. The quantitative estimate of drug-likeness (QED) is 0.795. The van der Waals surface area contributed by atoms with Crippen molar-refractivity contribution in [2.45, 2.75) is 50.8 Å². The van der Waals surface area contributed by atoms with Crippen molar-refractivity contribution >= 4 is 11.7 Å². The van der Waals surface area contributed by atoms with Crippen LogP contribution in [0.25, 0.3) is 0 Å². The number of anilines is 1. The fourth-order valence-corrected chi connectivity index (χ4v) is 3.63. The summed E-state index contributed by atoms with van der Waals surface area (Å²) in [5.74, 6) is 0.996. The molecule has 1 aromatic heterocycles. The van der Waals surface area contributed by atoms with Crippen LogP contribution in [0.2, 0.25) is 0 Å². The average molecular weight is 347 g/mol. The number of rotatable bonds is 7. The monoisotopic (exact) mass is 347 g/mol. The summed E-state index contributed by atoms with van der Waals surface area (Å²) in [5.41, 5.74) is 0. The van der Waals surface area contributed by atoms with Gasteiger partial charge >= 0.3 is 0 Å². The lowest BCUT2D eigenvalue weighted by Gasteiger charge is -2.31. The largest absolute Gasteiger partial charge is 0.376 e. The van der Waals surface area contributed by atoms with Crippen LogP contribution in [0.15, 0.2) is 18.3 Å². The molecule has 1 amide bonds. The Morgan fingerprint density at radius 3 is 3.08 bits per heavy atom. The van der Waals surface area contributed by atoms with Gasteiger partial charge in [0.05, 0.1) is 12.1 Å². The van der Waals surface area contributed by atoms with Crippen LogP contribution >= 0.6 is 0 Å². The van der Waals surface area contributed by atoms with Crippen LogP contribution in [0.4, 0.5) is 5.82 Å². The molecule has 0 radical (unpaired) electrons. The van der Waals surface area contributed by atoms with E-state index in [0.29, 0.717) is 12.6 Å². The van der Waals surface area contributed by atoms with Crippen molar-refractivity contribution in [3.8, 4) is 0 Å². The Balaban J connectivity index is 1.49. The summed E-state index contributed by atoms with van der Waals surface area (Å²) in [4.78, 5) is 16.9. The number of nitrogens with zero attached hydrogens (tertiary/aromatic N) is 4. The molecule has 2 aliphatic heterocycles. The van der Waals surface area contributed by atoms with Crippen molar-refractivity contribution in [1.29, 1.82) is 0 Å². The summed E-state index contributed by atoms with van der Waals surface area (Å²) >= 11 is 0. The highest BCUT2D eigenvalue weighted by atomic mass is 16.5. The lowest BCUT2D eigenvalue weighted by molar-refractivity contribution is -0.126. The van der Waals surface area contributed by atoms with Gasteiger partial charge in [0.15, 0.2) is 5.82 Å². The Morgan fingerprint density at radius 1 is 1.48 bits per heavy atom. The Hall–Kier alpha value is -1.73. The van der Waals surface area contributed by atoms with E-state index >= 15 is 0 Å². The van der Waals surface area contributed by atoms with Gasteiger partial charge in [-0.2, -0.15) is 5.10 Å². The second-order valence-corrected chi connectivity index (χ2v) is 7.07. The van der Waals surface area contributed by atoms with E-state index in [2.05, 4.69) is 25.3 Å². The second kappa shape index (κ2) is 8.58. The SMILES string of the molecule is C[C@H](C(=O)NC[C@@H]1CCCO1)N(C)C[C@H]1CCCN1c1cccnn1. The maximum absolute atomic E-state index is 12.4. The smallest absolute Gasteiger partial charge is 0.237 e. The molecule has 1 N–H and O–H groups in total. The molecule has 3 heterocycles. The van der Waals surface area contributed by atoms with Crippen LogP contribution in [-0.2, 0) is 9.53 Å². The fourth-order valence-electron chi connectivity index (χ4n) is 3.63. The third-order valence-electron chi connectivity index (χ3n) is 5.30. The van der Waals surface area contributed by atoms with E-state index in [1.165, 1.54) is 0 Å². The van der Waals surface area contributed by atoms with Crippen molar-refractivity contribution in [3.63, 3.8) is 0 Å². The van der Waals surface area contributed by atoms with E-state index in [-0.39, 0.29) is 18.1 Å². The standard InChI is InChI=1S/C18H29N5O2/c1-14(18(24)19-12-16-7-5-11-25-16)22(2)13-15-6-4-10-23(15)17-8-3-9-20-21-17/h3,8-9,14-16H,4-7,10-13H2,1-2H3,(H,19,24)/t14-,15-,16+/m1/s1. The molecule has 2 aliphatic rings. The van der Waals surface area contributed by atoms with E-state index in [9.17, 15) is 4.79 Å². The van der Waals surface area contributed by atoms with Crippen molar-refractivity contribution in [3.05, 3.63) is 18.3 Å². The number of ether oxygens (including phenoxy) is 1. The average Bonchev–Trinajstić information content (AvgIpc) is 3.31. The van der Waals surface area contributed by atoms with Gasteiger partial charge in [-0.25, -0.2) is 0 Å². The second-order valence-electron chi connectivity index (χ2n) is 7.07. The minimum absolute atomic E-state index is 0.0713. The number of hydrogen-bond donors (Lipinski definition) is 1. The van der Waals surface area contributed by atoms with Gasteiger partial charge in [-0.3, -0.25) is 9.69 Å². The fraction of sp³-hybridized carbons (Fsp3) is 0.722. The summed E-state index contributed by atoms with van der Waals surface area (Å²) in [6.45, 7) is 5.23. The molecule has 0 saturated carbocycles. The molecule has 7 heteroatoms. The van der Waals surface area contributed by atoms with Gasteiger partial charge in [0.1, 0.15) is 0 Å². The number of nitrogens with one attached hydrogen (secondary N) is 1. The maximum atomic E-state index is 12.4. The number of amides is 1. The zero-order chi connectivity index (χ0) is 17.6. The Labute approximate surface area is 149 Å². The topological polar surface area (TPSA) is 70.6 Å². The van der Waals surface area contributed by atoms with Gasteiger partial charge in [-0.05, 0) is 51.8 Å². The van der Waals surface area contributed by atoms with Gasteiger partial charge in [-0.1, -0.05) is 0 Å². The first kappa shape index (κ1) is 18.1. The molecule has 25 heavy (non-hydrogen) atoms. The van der Waals surface area contributed by atoms with Gasteiger partial charge in [0.2, 0.25) is 5.91 Å². The highest BCUT2D eigenvalue weighted by Gasteiger charge is 2.29. The molecule has 2 saturated heterocycles. The lowest BCUT2D eigenvalue weighted by atomic mass is 10.1. The van der Waals surface area contributed by atoms with Crippen molar-refractivity contribution in [2.24, 2.45) is 0 Å². The van der Waals surface area contributed by atoms with E-state index in [0.717, 1.165) is 51.2 Å². The zero-order valence-electron chi connectivity index (χ0n) is 15.2. The molecule has 2 fully saturated rings. The van der Waals surface area contributed by atoms with Crippen molar-refractivity contribution in [1.82, 2.24) is 20.4 Å². The van der Waals surface area contributed by atoms with Crippen LogP contribution < -0.4 is 10.2 Å². The first-order valence-electron chi connectivity index (χ1n) is 9.29. The Morgan fingerprint density at radius 2 is 2.36 bits per heavy atom. The number of carbonyl (C=O) groups excluding carboxylic acids is 1. The van der Waals surface area contributed by atoms with Crippen molar-refractivity contribution in [2.75, 3.05) is 38.2 Å². The molecule has 138 valence electrons. The van der Waals surface area contributed by atoms with Crippen LogP contribution in [0, 0.1) is 0 Å². The number of aromatic nitrogens is 2. The first-order chi connectivity index (χ1) is 12.1. The molecule has 7 nitrogen and oxygen atoms in total. The van der Waals surface area contributed by atoms with Crippen molar-refractivity contribution < 1.29 is 9.53 Å². The molecule has 0 spiro atoms. The van der Waals surface area contributed by atoms with E-state index in [1.54, 1.807) is 6.20 Å². The highest BCUT2D eigenvalue weighted by molar-refractivity contribution is 5.81. The lowest BCUT2D eigenvalue weighted by Crippen LogP contribution is -2.49. The minimum Gasteiger partial charge on any atom is -0.376 e. The molecular weight excluding hydrogens is 318 g/mol. The van der Waals surface area contributed by atoms with Gasteiger partial charge in [0, 0.05) is 38.5 Å². The number of hydrogen-bond acceptors (Lipinski definition) is 6. The molecule has 0 aromatic carbocycles.